The summed E-state index contributed by atoms with van der Waals surface area (Å²) in [6.45, 7) is 0. The molecule has 0 saturated carbocycles. The molecule has 0 heterocycles. The predicted octanol–water partition coefficient (Wildman–Crippen LogP) is 4.33. The summed E-state index contributed by atoms with van der Waals surface area (Å²) >= 11 is 0. The van der Waals surface area contributed by atoms with E-state index in [2.05, 4.69) is 0 Å². The Labute approximate surface area is 140 Å². The fourth-order valence-corrected chi connectivity index (χ4v) is 3.85. The molecular weight excluding hydrogens is 323 g/mol. The fraction of sp³-hybridized carbons (Fsp3) is 0.0526. The predicted molar refractivity (Wildman–Crippen MR) is 93.9 cm³/mol. The van der Waals surface area contributed by atoms with Gasteiger partial charge < -0.3 is 14.9 Å². The van der Waals surface area contributed by atoms with E-state index in [9.17, 15) is 19.5 Å². The smallest absolute Gasteiger partial charge is 0.337 e. The van der Waals surface area contributed by atoms with Crippen molar-refractivity contribution in [2.45, 2.75) is 5.66 Å². The Hall–Kier alpha value is -2.39. The molecule has 24 heavy (non-hydrogen) atoms. The van der Waals surface area contributed by atoms with Crippen LogP contribution >= 0.6 is 7.60 Å². The summed E-state index contributed by atoms with van der Waals surface area (Å²) in [7, 11) is -4.35. The molecule has 0 amide bonds. The molecule has 3 rings (SSSR count). The van der Waals surface area contributed by atoms with Gasteiger partial charge in [-0.3, -0.25) is 4.57 Å². The Morgan fingerprint density at radius 2 is 1.12 bits per heavy atom. The third kappa shape index (κ3) is 3.57. The molecule has 0 bridgehead atoms. The zero-order valence-corrected chi connectivity index (χ0v) is 13.7. The molecule has 1 atom stereocenters. The third-order valence-corrected chi connectivity index (χ3v) is 5.15. The highest BCUT2D eigenvalue weighted by molar-refractivity contribution is 7.52. The summed E-state index contributed by atoms with van der Waals surface area (Å²) < 4.78 is 12.0. The van der Waals surface area contributed by atoms with Crippen LogP contribution in [0.4, 0.5) is 0 Å². The molecule has 3 aromatic rings. The number of hydrogen-bond acceptors (Lipinski definition) is 2. The molecule has 0 fully saturated rings. The summed E-state index contributed by atoms with van der Waals surface area (Å²) in [6, 6.07) is 22.7. The number of hydrogen-bond donors (Lipinski definition) is 3. The van der Waals surface area contributed by atoms with Gasteiger partial charge in [0, 0.05) is 0 Å². The highest BCUT2D eigenvalue weighted by Crippen LogP contribution is 2.55. The Bertz CT molecular complexity index is 852. The molecule has 0 aromatic heterocycles. The van der Waals surface area contributed by atoms with Crippen molar-refractivity contribution in [1.82, 2.24) is 0 Å². The van der Waals surface area contributed by atoms with Gasteiger partial charge in [0.2, 0.25) is 0 Å². The Balaban J connectivity index is 1.98. The van der Waals surface area contributed by atoms with Crippen LogP contribution in [0, 0.1) is 0 Å². The van der Waals surface area contributed by atoms with Gasteiger partial charge in [-0.2, -0.15) is 0 Å². The van der Waals surface area contributed by atoms with Crippen LogP contribution in [0.1, 0.15) is 16.8 Å². The molecule has 0 saturated heterocycles. The van der Waals surface area contributed by atoms with Crippen molar-refractivity contribution < 1.29 is 19.5 Å². The lowest BCUT2D eigenvalue weighted by atomic mass is 10.00. The van der Waals surface area contributed by atoms with Crippen LogP contribution in [0.5, 0.6) is 5.75 Å². The lowest BCUT2D eigenvalue weighted by Gasteiger charge is -2.19. The van der Waals surface area contributed by atoms with Crippen molar-refractivity contribution >= 4 is 7.60 Å². The molecule has 0 aliphatic rings. The SMILES string of the molecule is O=P(O)(O)C(c1ccccc1)c1ccc(-c2ccc(O)cc2)cc1. The molecule has 3 aromatic carbocycles. The third-order valence-electron chi connectivity index (χ3n) is 3.88. The van der Waals surface area contributed by atoms with Crippen LogP contribution in [-0.2, 0) is 4.57 Å². The van der Waals surface area contributed by atoms with E-state index in [4.69, 9.17) is 0 Å². The van der Waals surface area contributed by atoms with E-state index in [1.54, 1.807) is 60.7 Å². The van der Waals surface area contributed by atoms with Gasteiger partial charge in [0.25, 0.3) is 0 Å². The first-order valence-corrected chi connectivity index (χ1v) is 9.13. The summed E-state index contributed by atoms with van der Waals surface area (Å²) in [4.78, 5) is 19.6. The van der Waals surface area contributed by atoms with Crippen LogP contribution < -0.4 is 0 Å². The van der Waals surface area contributed by atoms with E-state index in [0.717, 1.165) is 11.1 Å². The van der Waals surface area contributed by atoms with Crippen LogP contribution in [-0.4, -0.2) is 14.9 Å². The number of aromatic hydroxyl groups is 1. The summed E-state index contributed by atoms with van der Waals surface area (Å²) in [6.07, 6.45) is 0. The molecular formula is C19H17O4P. The van der Waals surface area contributed by atoms with Crippen molar-refractivity contribution in [3.8, 4) is 16.9 Å². The number of phenols is 1. The summed E-state index contributed by atoms with van der Waals surface area (Å²) in [5.74, 6) is 0.195. The van der Waals surface area contributed by atoms with Gasteiger partial charge in [0.05, 0.1) is 0 Å². The first-order chi connectivity index (χ1) is 11.4. The van der Waals surface area contributed by atoms with Crippen LogP contribution in [0.15, 0.2) is 78.9 Å². The van der Waals surface area contributed by atoms with E-state index >= 15 is 0 Å². The summed E-state index contributed by atoms with van der Waals surface area (Å²) in [5, 5.41) is 9.35. The average molecular weight is 340 g/mol. The molecule has 0 radical (unpaired) electrons. The average Bonchev–Trinajstić information content (AvgIpc) is 2.56. The topological polar surface area (TPSA) is 77.8 Å². The second kappa shape index (κ2) is 6.62. The van der Waals surface area contributed by atoms with E-state index in [1.807, 2.05) is 18.2 Å². The van der Waals surface area contributed by atoms with Crippen molar-refractivity contribution in [3.05, 3.63) is 90.0 Å². The van der Waals surface area contributed by atoms with E-state index in [0.29, 0.717) is 11.1 Å². The molecule has 1 unspecified atom stereocenters. The maximum Gasteiger partial charge on any atom is 0.337 e. The van der Waals surface area contributed by atoms with Gasteiger partial charge in [-0.25, -0.2) is 0 Å². The van der Waals surface area contributed by atoms with Gasteiger partial charge in [-0.05, 0) is 34.4 Å². The molecule has 122 valence electrons. The van der Waals surface area contributed by atoms with Gasteiger partial charge in [-0.1, -0.05) is 66.7 Å². The van der Waals surface area contributed by atoms with Crippen molar-refractivity contribution in [2.75, 3.05) is 0 Å². The zero-order chi connectivity index (χ0) is 17.2. The quantitative estimate of drug-likeness (QED) is 0.618. The largest absolute Gasteiger partial charge is 0.508 e. The second-order valence-electron chi connectivity index (χ2n) is 5.57. The van der Waals surface area contributed by atoms with Crippen molar-refractivity contribution in [2.24, 2.45) is 0 Å². The Morgan fingerprint density at radius 1 is 0.667 bits per heavy atom. The number of benzene rings is 3. The first-order valence-electron chi connectivity index (χ1n) is 7.45. The van der Waals surface area contributed by atoms with Crippen molar-refractivity contribution in [1.29, 1.82) is 0 Å². The number of phenolic OH excluding ortho intramolecular Hbond substituents is 1. The van der Waals surface area contributed by atoms with Gasteiger partial charge in [0.1, 0.15) is 11.4 Å². The minimum atomic E-state index is -4.35. The van der Waals surface area contributed by atoms with Gasteiger partial charge in [0.15, 0.2) is 0 Å². The Morgan fingerprint density at radius 3 is 1.62 bits per heavy atom. The fourth-order valence-electron chi connectivity index (χ4n) is 2.73. The maximum absolute atomic E-state index is 12.0. The lowest BCUT2D eigenvalue weighted by molar-refractivity contribution is 0.364. The maximum atomic E-state index is 12.0. The Kier molecular flexibility index (Phi) is 4.54. The molecule has 4 nitrogen and oxygen atoms in total. The van der Waals surface area contributed by atoms with E-state index in [-0.39, 0.29) is 5.75 Å². The van der Waals surface area contributed by atoms with E-state index in [1.165, 1.54) is 0 Å². The zero-order valence-electron chi connectivity index (χ0n) is 12.8. The molecule has 0 spiro atoms. The highest BCUT2D eigenvalue weighted by Gasteiger charge is 2.31. The monoisotopic (exact) mass is 340 g/mol. The van der Waals surface area contributed by atoms with Gasteiger partial charge in [-0.15, -0.1) is 0 Å². The minimum absolute atomic E-state index is 0.195. The molecule has 0 aliphatic carbocycles. The first kappa shape index (κ1) is 16.5. The summed E-state index contributed by atoms with van der Waals surface area (Å²) in [5.41, 5.74) is 2.01. The second-order valence-corrected chi connectivity index (χ2v) is 7.27. The van der Waals surface area contributed by atoms with E-state index < -0.39 is 13.3 Å². The molecule has 3 N–H and O–H groups in total. The molecule has 0 aliphatic heterocycles. The van der Waals surface area contributed by atoms with Crippen LogP contribution in [0.3, 0.4) is 0 Å². The van der Waals surface area contributed by atoms with Crippen molar-refractivity contribution in [3.63, 3.8) is 0 Å². The lowest BCUT2D eigenvalue weighted by Crippen LogP contribution is -2.02. The minimum Gasteiger partial charge on any atom is -0.508 e. The molecule has 5 heteroatoms. The van der Waals surface area contributed by atoms with Crippen LogP contribution in [0.25, 0.3) is 11.1 Å². The normalized spacial score (nSPS) is 12.8. The standard InChI is InChI=1S/C19H17O4P/c20-18-12-10-15(11-13-18)14-6-8-17(9-7-14)19(24(21,22)23)16-4-2-1-3-5-16/h1-13,19-20H,(H2,21,22,23). The highest BCUT2D eigenvalue weighted by atomic mass is 31.2. The van der Waals surface area contributed by atoms with Gasteiger partial charge >= 0.3 is 7.60 Å². The van der Waals surface area contributed by atoms with Crippen LogP contribution in [0.2, 0.25) is 0 Å². The number of rotatable bonds is 4.